The van der Waals surface area contributed by atoms with E-state index in [1.165, 1.54) is 0 Å². The molecule has 2 nitrogen and oxygen atoms in total. The number of carbonyl (C=O) groups is 1. The zero-order chi connectivity index (χ0) is 13.0. The fourth-order valence-electron chi connectivity index (χ4n) is 1.51. The van der Waals surface area contributed by atoms with E-state index in [2.05, 4.69) is 27.9 Å². The van der Waals surface area contributed by atoms with E-state index in [9.17, 15) is 4.79 Å². The number of benzene rings is 2. The lowest BCUT2D eigenvalue weighted by molar-refractivity contribution is 0.102. The van der Waals surface area contributed by atoms with Gasteiger partial charge in [-0.05, 0) is 71.3 Å². The number of anilines is 1. The highest BCUT2D eigenvalue weighted by Crippen LogP contribution is 2.19. The smallest absolute Gasteiger partial charge is 0.255 e. The molecule has 2 aromatic carbocycles. The summed E-state index contributed by atoms with van der Waals surface area (Å²) >= 11 is 3.87. The Bertz CT molecular complexity index is 554. The number of hydrogen-bond acceptors (Lipinski definition) is 2. The lowest BCUT2D eigenvalue weighted by Crippen LogP contribution is -2.11. The normalized spacial score (nSPS) is 10.1. The van der Waals surface area contributed by atoms with Gasteiger partial charge in [0.15, 0.2) is 0 Å². The van der Waals surface area contributed by atoms with Crippen LogP contribution >= 0.6 is 34.4 Å². The van der Waals surface area contributed by atoms with Crippen molar-refractivity contribution in [1.82, 2.24) is 0 Å². The molecule has 0 aromatic heterocycles. The van der Waals surface area contributed by atoms with Crippen LogP contribution in [-0.2, 0) is 0 Å². The van der Waals surface area contributed by atoms with Crippen LogP contribution < -0.4 is 5.32 Å². The maximum atomic E-state index is 12.0. The van der Waals surface area contributed by atoms with Crippen LogP contribution in [-0.4, -0.2) is 12.2 Å². The first-order valence-corrected chi connectivity index (χ1v) is 7.70. The van der Waals surface area contributed by atoms with Gasteiger partial charge in [0.05, 0.1) is 0 Å². The Hall–Kier alpha value is -1.01. The van der Waals surface area contributed by atoms with Crippen LogP contribution in [0.4, 0.5) is 5.69 Å². The molecular weight excluding hydrogens is 357 g/mol. The maximum absolute atomic E-state index is 12.0. The van der Waals surface area contributed by atoms with Gasteiger partial charge in [-0.15, -0.1) is 11.8 Å². The summed E-state index contributed by atoms with van der Waals surface area (Å²) < 4.78 is 1.12. The second-order valence-corrected chi connectivity index (χ2v) is 5.82. The van der Waals surface area contributed by atoms with E-state index in [1.807, 2.05) is 54.8 Å². The summed E-state index contributed by atoms with van der Waals surface area (Å²) in [5, 5.41) is 2.90. The third-order valence-corrected chi connectivity index (χ3v) is 3.88. The number of nitrogens with one attached hydrogen (secondary N) is 1. The highest BCUT2D eigenvalue weighted by atomic mass is 127. The molecule has 92 valence electrons. The van der Waals surface area contributed by atoms with Gasteiger partial charge < -0.3 is 5.32 Å². The van der Waals surface area contributed by atoms with E-state index < -0.39 is 0 Å². The molecule has 0 heterocycles. The second kappa shape index (κ2) is 6.24. The van der Waals surface area contributed by atoms with Crippen LogP contribution in [0.2, 0.25) is 0 Å². The molecule has 18 heavy (non-hydrogen) atoms. The molecule has 0 saturated heterocycles. The first-order valence-electron chi connectivity index (χ1n) is 5.40. The lowest BCUT2D eigenvalue weighted by atomic mass is 10.2. The molecule has 0 atom stereocenters. The first kappa shape index (κ1) is 13.4. The largest absolute Gasteiger partial charge is 0.322 e. The van der Waals surface area contributed by atoms with E-state index in [0.717, 1.165) is 14.2 Å². The van der Waals surface area contributed by atoms with Crippen molar-refractivity contribution in [2.45, 2.75) is 4.90 Å². The minimum absolute atomic E-state index is 0.0790. The molecule has 0 fully saturated rings. The Labute approximate surface area is 124 Å². The SMILES string of the molecule is CSc1cccc(NC(=O)c2ccc(I)cc2)c1. The summed E-state index contributed by atoms with van der Waals surface area (Å²) in [5.41, 5.74) is 1.50. The molecule has 0 aliphatic heterocycles. The van der Waals surface area contributed by atoms with Crippen LogP contribution in [0.5, 0.6) is 0 Å². The predicted octanol–water partition coefficient (Wildman–Crippen LogP) is 4.27. The van der Waals surface area contributed by atoms with Gasteiger partial charge >= 0.3 is 0 Å². The van der Waals surface area contributed by atoms with Crippen LogP contribution in [0.3, 0.4) is 0 Å². The second-order valence-electron chi connectivity index (χ2n) is 3.69. The molecule has 1 amide bonds. The van der Waals surface area contributed by atoms with Gasteiger partial charge in [0.2, 0.25) is 0 Å². The number of thioether (sulfide) groups is 1. The van der Waals surface area contributed by atoms with Crippen LogP contribution in [0.25, 0.3) is 0 Å². The predicted molar refractivity (Wildman–Crippen MR) is 85.3 cm³/mol. The Balaban J connectivity index is 2.13. The third-order valence-electron chi connectivity index (χ3n) is 2.43. The fraction of sp³-hybridized carbons (Fsp3) is 0.0714. The summed E-state index contributed by atoms with van der Waals surface area (Å²) in [7, 11) is 0. The van der Waals surface area contributed by atoms with Crippen molar-refractivity contribution >= 4 is 45.9 Å². The topological polar surface area (TPSA) is 29.1 Å². The van der Waals surface area contributed by atoms with Crippen LogP contribution in [0, 0.1) is 3.57 Å². The molecule has 0 aliphatic carbocycles. The number of carbonyl (C=O) groups excluding carboxylic acids is 1. The molecule has 0 radical (unpaired) electrons. The molecule has 2 rings (SSSR count). The van der Waals surface area contributed by atoms with Gasteiger partial charge in [-0.1, -0.05) is 6.07 Å². The number of halogens is 1. The molecule has 0 bridgehead atoms. The Morgan fingerprint density at radius 2 is 1.89 bits per heavy atom. The summed E-state index contributed by atoms with van der Waals surface area (Å²) in [6.07, 6.45) is 2.01. The van der Waals surface area contributed by atoms with Crippen LogP contribution in [0.15, 0.2) is 53.4 Å². The molecular formula is C14H12INOS. The molecule has 2 aromatic rings. The van der Waals surface area contributed by atoms with Crippen molar-refractivity contribution in [3.8, 4) is 0 Å². The minimum atomic E-state index is -0.0790. The van der Waals surface area contributed by atoms with E-state index in [4.69, 9.17) is 0 Å². The molecule has 0 saturated carbocycles. The quantitative estimate of drug-likeness (QED) is 0.647. The van der Waals surface area contributed by atoms with Crippen molar-refractivity contribution in [2.24, 2.45) is 0 Å². The van der Waals surface area contributed by atoms with Gasteiger partial charge in [-0.2, -0.15) is 0 Å². The van der Waals surface area contributed by atoms with Gasteiger partial charge in [-0.25, -0.2) is 0 Å². The summed E-state index contributed by atoms with van der Waals surface area (Å²) in [6, 6.07) is 15.3. The fourth-order valence-corrected chi connectivity index (χ4v) is 2.32. The average molecular weight is 369 g/mol. The van der Waals surface area contributed by atoms with Gasteiger partial charge in [0.25, 0.3) is 5.91 Å². The van der Waals surface area contributed by atoms with Crippen molar-refractivity contribution < 1.29 is 4.79 Å². The molecule has 4 heteroatoms. The summed E-state index contributed by atoms with van der Waals surface area (Å²) in [6.45, 7) is 0. The maximum Gasteiger partial charge on any atom is 0.255 e. The Morgan fingerprint density at radius 3 is 2.56 bits per heavy atom. The van der Waals surface area contributed by atoms with Gasteiger partial charge in [-0.3, -0.25) is 4.79 Å². The first-order chi connectivity index (χ1) is 8.69. The van der Waals surface area contributed by atoms with E-state index >= 15 is 0 Å². The third kappa shape index (κ3) is 3.49. The van der Waals surface area contributed by atoms with E-state index in [0.29, 0.717) is 5.56 Å². The highest BCUT2D eigenvalue weighted by Gasteiger charge is 2.05. The zero-order valence-corrected chi connectivity index (χ0v) is 12.8. The van der Waals surface area contributed by atoms with Crippen molar-refractivity contribution in [3.63, 3.8) is 0 Å². The monoisotopic (exact) mass is 369 g/mol. The molecule has 1 N–H and O–H groups in total. The molecule has 0 unspecified atom stereocenters. The van der Waals surface area contributed by atoms with Crippen molar-refractivity contribution in [2.75, 3.05) is 11.6 Å². The summed E-state index contributed by atoms with van der Waals surface area (Å²) in [4.78, 5) is 13.1. The van der Waals surface area contributed by atoms with E-state index in [1.54, 1.807) is 11.8 Å². The van der Waals surface area contributed by atoms with Gasteiger partial charge in [0, 0.05) is 19.7 Å². The van der Waals surface area contributed by atoms with Crippen molar-refractivity contribution in [1.29, 1.82) is 0 Å². The Kier molecular flexibility index (Phi) is 4.66. The number of amides is 1. The lowest BCUT2D eigenvalue weighted by Gasteiger charge is -2.06. The summed E-state index contributed by atoms with van der Waals surface area (Å²) in [5.74, 6) is -0.0790. The molecule has 0 spiro atoms. The highest BCUT2D eigenvalue weighted by molar-refractivity contribution is 14.1. The van der Waals surface area contributed by atoms with Crippen molar-refractivity contribution in [3.05, 3.63) is 57.7 Å². The Morgan fingerprint density at radius 1 is 1.17 bits per heavy atom. The number of rotatable bonds is 3. The number of hydrogen-bond donors (Lipinski definition) is 1. The molecule has 0 aliphatic rings. The van der Waals surface area contributed by atoms with Gasteiger partial charge in [0.1, 0.15) is 0 Å². The zero-order valence-electron chi connectivity index (χ0n) is 9.81. The average Bonchev–Trinajstić information content (AvgIpc) is 2.39. The van der Waals surface area contributed by atoms with Crippen LogP contribution in [0.1, 0.15) is 10.4 Å². The minimum Gasteiger partial charge on any atom is -0.322 e. The standard InChI is InChI=1S/C14H12INOS/c1-18-13-4-2-3-12(9-13)16-14(17)10-5-7-11(15)8-6-10/h2-9H,1H3,(H,16,17). The van der Waals surface area contributed by atoms with E-state index in [-0.39, 0.29) is 5.91 Å².